The van der Waals surface area contributed by atoms with Crippen molar-refractivity contribution >= 4 is 11.8 Å². The van der Waals surface area contributed by atoms with Gasteiger partial charge in [-0.3, -0.25) is 0 Å². The first-order valence-electron chi connectivity index (χ1n) is 8.16. The van der Waals surface area contributed by atoms with Gasteiger partial charge in [-0.2, -0.15) is 4.98 Å². The van der Waals surface area contributed by atoms with Crippen LogP contribution in [-0.2, 0) is 0 Å². The average molecular weight is 274 g/mol. The third-order valence-corrected chi connectivity index (χ3v) is 4.50. The number of anilines is 2. The molecule has 4 nitrogen and oxygen atoms in total. The van der Waals surface area contributed by atoms with Crippen LogP contribution in [0.4, 0.5) is 11.8 Å². The maximum Gasteiger partial charge on any atom is 0.227 e. The molecule has 0 saturated carbocycles. The first-order chi connectivity index (χ1) is 9.83. The molecular formula is C16H26N4. The minimum atomic E-state index is 0.778. The highest BCUT2D eigenvalue weighted by Gasteiger charge is 2.19. The lowest BCUT2D eigenvalue weighted by Crippen LogP contribution is -2.35. The van der Waals surface area contributed by atoms with Gasteiger partial charge in [0.1, 0.15) is 5.82 Å². The Hall–Kier alpha value is -1.32. The Morgan fingerprint density at radius 3 is 2.50 bits per heavy atom. The Labute approximate surface area is 122 Å². The molecule has 110 valence electrons. The van der Waals surface area contributed by atoms with E-state index in [2.05, 4.69) is 27.8 Å². The highest BCUT2D eigenvalue weighted by molar-refractivity contribution is 5.44. The topological polar surface area (TPSA) is 32.3 Å². The molecule has 0 radical (unpaired) electrons. The summed E-state index contributed by atoms with van der Waals surface area (Å²) in [7, 11) is 0. The molecule has 2 aliphatic heterocycles. The van der Waals surface area contributed by atoms with Gasteiger partial charge < -0.3 is 9.80 Å². The summed E-state index contributed by atoms with van der Waals surface area (Å²) in [5.74, 6) is 2.83. The standard InChI is InChI=1S/C16H26N4/c1-14-7-6-12-20(13-14)15-8-9-17-16(18-15)19-10-4-2-3-5-11-19/h8-9,14H,2-7,10-13H2,1H3. The zero-order valence-corrected chi connectivity index (χ0v) is 12.6. The molecular weight excluding hydrogens is 248 g/mol. The largest absolute Gasteiger partial charge is 0.356 e. The summed E-state index contributed by atoms with van der Waals surface area (Å²) in [5.41, 5.74) is 0. The van der Waals surface area contributed by atoms with E-state index in [0.29, 0.717) is 0 Å². The molecule has 1 aromatic rings. The quantitative estimate of drug-likeness (QED) is 0.829. The van der Waals surface area contributed by atoms with Crippen molar-refractivity contribution in [3.8, 4) is 0 Å². The minimum absolute atomic E-state index is 0.778. The van der Waals surface area contributed by atoms with Crippen LogP contribution in [0.2, 0.25) is 0 Å². The molecule has 4 heteroatoms. The molecule has 0 bridgehead atoms. The van der Waals surface area contributed by atoms with Crippen LogP contribution in [0.3, 0.4) is 0 Å². The van der Waals surface area contributed by atoms with Gasteiger partial charge in [0.15, 0.2) is 0 Å². The molecule has 3 rings (SSSR count). The van der Waals surface area contributed by atoms with Crippen molar-refractivity contribution in [2.75, 3.05) is 36.0 Å². The molecule has 1 unspecified atom stereocenters. The van der Waals surface area contributed by atoms with Crippen molar-refractivity contribution < 1.29 is 0 Å². The van der Waals surface area contributed by atoms with Crippen molar-refractivity contribution in [2.45, 2.75) is 45.4 Å². The van der Waals surface area contributed by atoms with E-state index in [1.807, 2.05) is 6.20 Å². The van der Waals surface area contributed by atoms with Crippen LogP contribution < -0.4 is 9.80 Å². The van der Waals surface area contributed by atoms with Crippen molar-refractivity contribution in [3.05, 3.63) is 12.3 Å². The molecule has 0 N–H and O–H groups in total. The van der Waals surface area contributed by atoms with E-state index in [9.17, 15) is 0 Å². The number of piperidine rings is 1. The maximum absolute atomic E-state index is 4.84. The van der Waals surface area contributed by atoms with E-state index in [4.69, 9.17) is 4.98 Å². The minimum Gasteiger partial charge on any atom is -0.356 e. The van der Waals surface area contributed by atoms with Gasteiger partial charge in [-0.25, -0.2) is 4.98 Å². The van der Waals surface area contributed by atoms with Crippen LogP contribution in [-0.4, -0.2) is 36.1 Å². The van der Waals surface area contributed by atoms with Gasteiger partial charge in [0.25, 0.3) is 0 Å². The molecule has 2 saturated heterocycles. The van der Waals surface area contributed by atoms with E-state index in [1.165, 1.54) is 38.5 Å². The number of nitrogens with zero attached hydrogens (tertiary/aromatic N) is 4. The van der Waals surface area contributed by atoms with Crippen LogP contribution in [0.1, 0.15) is 45.4 Å². The van der Waals surface area contributed by atoms with E-state index in [1.54, 1.807) is 0 Å². The van der Waals surface area contributed by atoms with Crippen molar-refractivity contribution in [2.24, 2.45) is 5.92 Å². The van der Waals surface area contributed by atoms with Crippen LogP contribution in [0.15, 0.2) is 12.3 Å². The lowest BCUT2D eigenvalue weighted by atomic mass is 10.0. The first kappa shape index (κ1) is 13.7. The zero-order chi connectivity index (χ0) is 13.8. The molecule has 0 amide bonds. The lowest BCUT2D eigenvalue weighted by Gasteiger charge is -2.32. The molecule has 0 aromatic carbocycles. The van der Waals surface area contributed by atoms with Gasteiger partial charge in [0.2, 0.25) is 5.95 Å². The average Bonchev–Trinajstić information content (AvgIpc) is 2.76. The third kappa shape index (κ3) is 3.22. The monoisotopic (exact) mass is 274 g/mol. The summed E-state index contributed by atoms with van der Waals surface area (Å²) >= 11 is 0. The number of hydrogen-bond donors (Lipinski definition) is 0. The van der Waals surface area contributed by atoms with Crippen molar-refractivity contribution in [1.29, 1.82) is 0 Å². The molecule has 2 fully saturated rings. The molecule has 2 aliphatic rings. The lowest BCUT2D eigenvalue weighted by molar-refractivity contribution is 0.444. The Bertz CT molecular complexity index is 409. The molecule has 1 atom stereocenters. The summed E-state index contributed by atoms with van der Waals surface area (Å²) < 4.78 is 0. The summed E-state index contributed by atoms with van der Waals surface area (Å²) in [4.78, 5) is 14.1. The fraction of sp³-hybridized carbons (Fsp3) is 0.750. The van der Waals surface area contributed by atoms with Gasteiger partial charge in [-0.15, -0.1) is 0 Å². The summed E-state index contributed by atoms with van der Waals surface area (Å²) in [6, 6.07) is 2.07. The van der Waals surface area contributed by atoms with Crippen LogP contribution in [0.25, 0.3) is 0 Å². The Balaban J connectivity index is 1.74. The Morgan fingerprint density at radius 2 is 1.75 bits per heavy atom. The second-order valence-corrected chi connectivity index (χ2v) is 6.31. The number of hydrogen-bond acceptors (Lipinski definition) is 4. The van der Waals surface area contributed by atoms with E-state index in [0.717, 1.165) is 43.9 Å². The van der Waals surface area contributed by atoms with Gasteiger partial charge in [0, 0.05) is 32.4 Å². The second-order valence-electron chi connectivity index (χ2n) is 6.31. The predicted octanol–water partition coefficient (Wildman–Crippen LogP) is 3.09. The molecule has 0 aliphatic carbocycles. The molecule has 3 heterocycles. The van der Waals surface area contributed by atoms with Gasteiger partial charge in [0.05, 0.1) is 0 Å². The summed E-state index contributed by atoms with van der Waals surface area (Å²) in [6.07, 6.45) is 9.80. The fourth-order valence-corrected chi connectivity index (χ4v) is 3.34. The van der Waals surface area contributed by atoms with Gasteiger partial charge in [-0.05, 0) is 37.7 Å². The second kappa shape index (κ2) is 6.42. The third-order valence-electron chi connectivity index (χ3n) is 4.50. The number of rotatable bonds is 2. The molecule has 20 heavy (non-hydrogen) atoms. The Kier molecular flexibility index (Phi) is 4.38. The van der Waals surface area contributed by atoms with Gasteiger partial charge in [-0.1, -0.05) is 19.8 Å². The first-order valence-corrected chi connectivity index (χ1v) is 8.16. The van der Waals surface area contributed by atoms with Crippen LogP contribution in [0, 0.1) is 5.92 Å². The zero-order valence-electron chi connectivity index (χ0n) is 12.6. The Morgan fingerprint density at radius 1 is 1.00 bits per heavy atom. The van der Waals surface area contributed by atoms with Gasteiger partial charge >= 0.3 is 0 Å². The van der Waals surface area contributed by atoms with E-state index < -0.39 is 0 Å². The smallest absolute Gasteiger partial charge is 0.227 e. The normalized spacial score (nSPS) is 24.6. The van der Waals surface area contributed by atoms with E-state index >= 15 is 0 Å². The maximum atomic E-state index is 4.84. The van der Waals surface area contributed by atoms with Crippen molar-refractivity contribution in [1.82, 2.24) is 9.97 Å². The molecule has 1 aromatic heterocycles. The van der Waals surface area contributed by atoms with E-state index in [-0.39, 0.29) is 0 Å². The summed E-state index contributed by atoms with van der Waals surface area (Å²) in [6.45, 7) is 6.83. The highest BCUT2D eigenvalue weighted by atomic mass is 15.3. The molecule has 0 spiro atoms. The SMILES string of the molecule is CC1CCCN(c2ccnc(N3CCCCCC3)n2)C1. The highest BCUT2D eigenvalue weighted by Crippen LogP contribution is 2.23. The van der Waals surface area contributed by atoms with Crippen LogP contribution >= 0.6 is 0 Å². The number of aromatic nitrogens is 2. The van der Waals surface area contributed by atoms with Crippen molar-refractivity contribution in [3.63, 3.8) is 0 Å². The summed E-state index contributed by atoms with van der Waals surface area (Å²) in [5, 5.41) is 0. The fourth-order valence-electron chi connectivity index (χ4n) is 3.34. The predicted molar refractivity (Wildman–Crippen MR) is 83.3 cm³/mol. The van der Waals surface area contributed by atoms with Crippen LogP contribution in [0.5, 0.6) is 0 Å².